The monoisotopic (exact) mass is 311 g/mol. The van der Waals surface area contributed by atoms with Crippen LogP contribution in [0.15, 0.2) is 16.8 Å². The molecule has 0 aliphatic carbocycles. The van der Waals surface area contributed by atoms with Crippen LogP contribution in [0.25, 0.3) is 0 Å². The zero-order valence-electron chi connectivity index (χ0n) is 17.8. The van der Waals surface area contributed by atoms with Crippen LogP contribution in [-0.4, -0.2) is 5.71 Å². The van der Waals surface area contributed by atoms with Crippen LogP contribution in [0.1, 0.15) is 102 Å². The molecule has 1 heteroatoms. The minimum absolute atomic E-state index is 0.771. The Labute approximate surface area is 143 Å². The van der Waals surface area contributed by atoms with E-state index >= 15 is 0 Å². The quantitative estimate of drug-likeness (QED) is 0.361. The van der Waals surface area contributed by atoms with Gasteiger partial charge in [0.15, 0.2) is 0 Å². The van der Waals surface area contributed by atoms with Gasteiger partial charge >= 0.3 is 0 Å². The van der Waals surface area contributed by atoms with E-state index in [0.717, 1.165) is 24.5 Å². The van der Waals surface area contributed by atoms with Crippen LogP contribution in [0.4, 0.5) is 0 Å². The first kappa shape index (κ1) is 32.8. The Balaban J connectivity index is -0.0000000900. The molecular weight excluding hydrogens is 266 g/mol. The summed E-state index contributed by atoms with van der Waals surface area (Å²) in [6, 6.07) is 0. The van der Waals surface area contributed by atoms with E-state index in [4.69, 9.17) is 0 Å². The lowest BCUT2D eigenvalue weighted by atomic mass is 10.1. The SMILES string of the molecule is C#CC.CC.CC.CC.CC/C=C(/CCC(C)C)N=C(C)C. The van der Waals surface area contributed by atoms with Crippen molar-refractivity contribution in [2.24, 2.45) is 10.9 Å². The van der Waals surface area contributed by atoms with Gasteiger partial charge < -0.3 is 0 Å². The fourth-order valence-electron chi connectivity index (χ4n) is 1.16. The van der Waals surface area contributed by atoms with Crippen molar-refractivity contribution in [3.05, 3.63) is 11.8 Å². The Morgan fingerprint density at radius 3 is 1.64 bits per heavy atom. The van der Waals surface area contributed by atoms with Gasteiger partial charge in [-0.05, 0) is 46.0 Å². The zero-order chi connectivity index (χ0) is 19.0. The molecule has 22 heavy (non-hydrogen) atoms. The van der Waals surface area contributed by atoms with Gasteiger partial charge in [-0.1, -0.05) is 68.4 Å². The standard InChI is InChI=1S/C12H23N.C3H4.3C2H6/c1-6-7-12(13-11(4)5)9-8-10(2)3;1-3-2;3*1-2/h7,10H,6,8-9H2,1-5H3;1H,2H3;3*1-2H3/b12-7-;;;;. The summed E-state index contributed by atoms with van der Waals surface area (Å²) in [5, 5.41) is 0. The minimum Gasteiger partial charge on any atom is -0.263 e. The van der Waals surface area contributed by atoms with E-state index in [2.05, 4.69) is 58.0 Å². The summed E-state index contributed by atoms with van der Waals surface area (Å²) in [4.78, 5) is 4.52. The first-order valence-electron chi connectivity index (χ1n) is 9.06. The summed E-state index contributed by atoms with van der Waals surface area (Å²) in [5.74, 6) is 3.02. The van der Waals surface area contributed by atoms with Gasteiger partial charge in [0.2, 0.25) is 0 Å². The molecule has 0 amide bonds. The molecule has 0 aliphatic rings. The predicted molar refractivity (Wildman–Crippen MR) is 110 cm³/mol. The van der Waals surface area contributed by atoms with Crippen LogP contribution < -0.4 is 0 Å². The molecule has 0 aromatic carbocycles. The highest BCUT2D eigenvalue weighted by atomic mass is 14.7. The van der Waals surface area contributed by atoms with Gasteiger partial charge in [-0.3, -0.25) is 4.99 Å². The number of terminal acetylenes is 1. The van der Waals surface area contributed by atoms with Gasteiger partial charge in [0.05, 0.1) is 0 Å². The second-order valence-electron chi connectivity index (χ2n) is 4.38. The summed E-state index contributed by atoms with van der Waals surface area (Å²) in [6.45, 7) is 24.4. The molecule has 0 fully saturated rings. The minimum atomic E-state index is 0.771. The van der Waals surface area contributed by atoms with Gasteiger partial charge in [0.25, 0.3) is 0 Å². The third kappa shape index (κ3) is 50.9. The maximum Gasteiger partial charge on any atom is 0.0362 e. The molecule has 0 aliphatic heterocycles. The van der Waals surface area contributed by atoms with Crippen molar-refractivity contribution in [1.29, 1.82) is 0 Å². The second-order valence-corrected chi connectivity index (χ2v) is 4.38. The van der Waals surface area contributed by atoms with Crippen molar-refractivity contribution >= 4 is 5.71 Å². The number of allylic oxidation sites excluding steroid dienone is 2. The molecule has 0 saturated carbocycles. The van der Waals surface area contributed by atoms with Gasteiger partial charge in [-0.2, -0.15) is 0 Å². The number of nitrogens with zero attached hydrogens (tertiary/aromatic N) is 1. The molecule has 0 bridgehead atoms. The van der Waals surface area contributed by atoms with Crippen molar-refractivity contribution < 1.29 is 0 Å². The van der Waals surface area contributed by atoms with Crippen molar-refractivity contribution in [3.8, 4) is 12.3 Å². The van der Waals surface area contributed by atoms with Crippen LogP contribution in [-0.2, 0) is 0 Å². The summed E-state index contributed by atoms with van der Waals surface area (Å²) in [7, 11) is 0. The molecule has 0 atom stereocenters. The van der Waals surface area contributed by atoms with Crippen LogP contribution in [0.2, 0.25) is 0 Å². The molecular formula is C21H45N. The van der Waals surface area contributed by atoms with E-state index in [0.29, 0.717) is 0 Å². The molecule has 0 heterocycles. The Morgan fingerprint density at radius 1 is 1.05 bits per heavy atom. The number of hydrogen-bond donors (Lipinski definition) is 0. The van der Waals surface area contributed by atoms with Crippen LogP contribution >= 0.6 is 0 Å². The fraction of sp³-hybridized carbons (Fsp3) is 0.762. The van der Waals surface area contributed by atoms with Gasteiger partial charge in [0.1, 0.15) is 0 Å². The lowest BCUT2D eigenvalue weighted by Gasteiger charge is -2.05. The third-order valence-corrected chi connectivity index (χ3v) is 1.78. The molecule has 0 aromatic heterocycles. The molecule has 0 N–H and O–H groups in total. The number of rotatable bonds is 5. The van der Waals surface area contributed by atoms with Crippen molar-refractivity contribution in [2.75, 3.05) is 0 Å². The van der Waals surface area contributed by atoms with Crippen LogP contribution in [0, 0.1) is 18.3 Å². The predicted octanol–water partition coefficient (Wildman–Crippen LogP) is 7.92. The summed E-state index contributed by atoms with van der Waals surface area (Å²) >= 11 is 0. The highest BCUT2D eigenvalue weighted by Gasteiger charge is 1.98. The number of aliphatic imine (C=N–C) groups is 1. The average molecular weight is 312 g/mol. The Kier molecular flexibility index (Phi) is 54.9. The lowest BCUT2D eigenvalue weighted by Crippen LogP contribution is -1.91. The molecule has 0 saturated heterocycles. The van der Waals surface area contributed by atoms with Crippen molar-refractivity contribution in [2.45, 2.75) is 102 Å². The summed E-state index contributed by atoms with van der Waals surface area (Å²) < 4.78 is 0. The van der Waals surface area contributed by atoms with E-state index in [1.165, 1.54) is 12.1 Å². The number of hydrogen-bond acceptors (Lipinski definition) is 1. The van der Waals surface area contributed by atoms with Gasteiger partial charge in [-0.25, -0.2) is 0 Å². The third-order valence-electron chi connectivity index (χ3n) is 1.78. The van der Waals surface area contributed by atoms with E-state index in [1.807, 2.05) is 41.5 Å². The van der Waals surface area contributed by atoms with E-state index < -0.39 is 0 Å². The molecule has 0 radical (unpaired) electrons. The largest absolute Gasteiger partial charge is 0.263 e. The Morgan fingerprint density at radius 2 is 1.41 bits per heavy atom. The molecule has 1 nitrogen and oxygen atoms in total. The maximum absolute atomic E-state index is 4.60. The molecule has 0 unspecified atom stereocenters. The van der Waals surface area contributed by atoms with Gasteiger partial charge in [0, 0.05) is 11.4 Å². The van der Waals surface area contributed by atoms with Crippen LogP contribution in [0.3, 0.4) is 0 Å². The highest BCUT2D eigenvalue weighted by Crippen LogP contribution is 2.13. The first-order valence-corrected chi connectivity index (χ1v) is 9.06. The highest BCUT2D eigenvalue weighted by molar-refractivity contribution is 5.80. The summed E-state index contributed by atoms with van der Waals surface area (Å²) in [6.07, 6.45) is 10.3. The van der Waals surface area contributed by atoms with E-state index in [1.54, 1.807) is 6.92 Å². The lowest BCUT2D eigenvalue weighted by molar-refractivity contribution is 0.582. The maximum atomic E-state index is 4.60. The second kappa shape index (κ2) is 36.8. The Bertz CT molecular complexity index is 248. The van der Waals surface area contributed by atoms with E-state index in [-0.39, 0.29) is 0 Å². The van der Waals surface area contributed by atoms with Crippen LogP contribution in [0.5, 0.6) is 0 Å². The van der Waals surface area contributed by atoms with Crippen molar-refractivity contribution in [1.82, 2.24) is 0 Å². The topological polar surface area (TPSA) is 12.4 Å². The van der Waals surface area contributed by atoms with Crippen molar-refractivity contribution in [3.63, 3.8) is 0 Å². The smallest absolute Gasteiger partial charge is 0.0362 e. The van der Waals surface area contributed by atoms with E-state index in [9.17, 15) is 0 Å². The zero-order valence-corrected chi connectivity index (χ0v) is 17.8. The molecule has 0 rings (SSSR count). The molecule has 0 aromatic rings. The molecule has 134 valence electrons. The Hall–Kier alpha value is -1.03. The van der Waals surface area contributed by atoms with Gasteiger partial charge in [-0.15, -0.1) is 12.3 Å². The normalized spacial score (nSPS) is 8.27. The fourth-order valence-corrected chi connectivity index (χ4v) is 1.16. The summed E-state index contributed by atoms with van der Waals surface area (Å²) in [5.41, 5.74) is 2.42. The average Bonchev–Trinajstić information content (AvgIpc) is 2.51. The molecule has 0 spiro atoms. The first-order chi connectivity index (χ1) is 10.5.